The van der Waals surface area contributed by atoms with Crippen LogP contribution in [-0.2, 0) is 11.2 Å². The number of rotatable bonds is 1. The molecule has 0 saturated heterocycles. The van der Waals surface area contributed by atoms with Gasteiger partial charge in [-0.15, -0.1) is 0 Å². The number of carbonyl (C=O) groups is 1. The van der Waals surface area contributed by atoms with Gasteiger partial charge in [-0.2, -0.15) is 0 Å². The van der Waals surface area contributed by atoms with Gasteiger partial charge in [-0.05, 0) is 24.1 Å². The van der Waals surface area contributed by atoms with Crippen molar-refractivity contribution in [3.05, 3.63) is 27.7 Å². The Bertz CT molecular complexity index is 401. The highest BCUT2D eigenvalue weighted by Crippen LogP contribution is 2.32. The smallest absolute Gasteiger partial charge is 0.228 e. The average molecular weight is 255 g/mol. The number of nitrogens with one attached hydrogen (secondary N) is 1. The molecule has 1 aliphatic rings. The third-order valence-electron chi connectivity index (χ3n) is 2.34. The highest BCUT2D eigenvalue weighted by Gasteiger charge is 2.20. The largest absolute Gasteiger partial charge is 0.325 e. The van der Waals surface area contributed by atoms with Crippen molar-refractivity contribution < 1.29 is 4.79 Å². The minimum atomic E-state index is -0.0228. The van der Waals surface area contributed by atoms with Gasteiger partial charge in [-0.1, -0.05) is 22.0 Å². The number of fused-ring (bicyclic) bond motifs is 1. The number of hydrogen-bond acceptors (Lipinski definition) is 2. The van der Waals surface area contributed by atoms with Gasteiger partial charge in [0, 0.05) is 16.2 Å². The Morgan fingerprint density at radius 3 is 2.93 bits per heavy atom. The highest BCUT2D eigenvalue weighted by molar-refractivity contribution is 9.10. The molecule has 0 radical (unpaired) electrons. The van der Waals surface area contributed by atoms with Crippen LogP contribution in [0.25, 0.3) is 0 Å². The van der Waals surface area contributed by atoms with E-state index in [9.17, 15) is 4.79 Å². The first-order valence-corrected chi connectivity index (χ1v) is 5.25. The topological polar surface area (TPSA) is 55.1 Å². The first-order valence-electron chi connectivity index (χ1n) is 4.45. The van der Waals surface area contributed by atoms with Crippen molar-refractivity contribution in [1.82, 2.24) is 0 Å². The molecule has 0 bridgehead atoms. The van der Waals surface area contributed by atoms with Crippen molar-refractivity contribution in [2.24, 2.45) is 5.73 Å². The predicted octanol–water partition coefficient (Wildman–Crippen LogP) is 1.96. The summed E-state index contributed by atoms with van der Waals surface area (Å²) in [4.78, 5) is 11.1. The lowest BCUT2D eigenvalue weighted by atomic mass is 10.0. The van der Waals surface area contributed by atoms with Crippen LogP contribution in [0.1, 0.15) is 24.1 Å². The van der Waals surface area contributed by atoms with Gasteiger partial charge in [-0.3, -0.25) is 4.79 Å². The van der Waals surface area contributed by atoms with Crippen LogP contribution in [-0.4, -0.2) is 5.91 Å². The van der Waals surface area contributed by atoms with Gasteiger partial charge >= 0.3 is 0 Å². The van der Waals surface area contributed by atoms with Crippen molar-refractivity contribution in [3.8, 4) is 0 Å². The van der Waals surface area contributed by atoms with Gasteiger partial charge in [0.2, 0.25) is 5.91 Å². The van der Waals surface area contributed by atoms with Gasteiger partial charge in [0.25, 0.3) is 0 Å². The van der Waals surface area contributed by atoms with Gasteiger partial charge in [0.05, 0.1) is 6.42 Å². The van der Waals surface area contributed by atoms with Gasteiger partial charge < -0.3 is 11.1 Å². The molecule has 0 aliphatic carbocycles. The van der Waals surface area contributed by atoms with Crippen LogP contribution >= 0.6 is 15.9 Å². The first-order chi connectivity index (χ1) is 6.58. The zero-order valence-electron chi connectivity index (χ0n) is 7.80. The third-order valence-corrected chi connectivity index (χ3v) is 3.02. The van der Waals surface area contributed by atoms with Gasteiger partial charge in [0.15, 0.2) is 0 Å². The second-order valence-corrected chi connectivity index (χ2v) is 4.40. The van der Waals surface area contributed by atoms with Crippen LogP contribution in [0.2, 0.25) is 0 Å². The van der Waals surface area contributed by atoms with Gasteiger partial charge in [0.1, 0.15) is 0 Å². The molecule has 4 heteroatoms. The number of anilines is 1. The molecule has 1 heterocycles. The van der Waals surface area contributed by atoms with E-state index in [0.717, 1.165) is 21.3 Å². The predicted molar refractivity (Wildman–Crippen MR) is 59.1 cm³/mol. The summed E-state index contributed by atoms with van der Waals surface area (Å²) in [6, 6.07) is 3.88. The summed E-state index contributed by atoms with van der Waals surface area (Å²) in [7, 11) is 0. The fraction of sp³-hybridized carbons (Fsp3) is 0.300. The molecule has 3 N–H and O–H groups in total. The van der Waals surface area contributed by atoms with Crippen LogP contribution in [0, 0.1) is 0 Å². The molecule has 0 saturated carbocycles. The fourth-order valence-corrected chi connectivity index (χ4v) is 2.32. The number of nitrogens with two attached hydrogens (primary N) is 1. The van der Waals surface area contributed by atoms with Crippen molar-refractivity contribution in [3.63, 3.8) is 0 Å². The van der Waals surface area contributed by atoms with Crippen LogP contribution in [0.5, 0.6) is 0 Å². The SMILES string of the molecule is C[C@@H](N)c1cc2c(cc1Br)NC(=O)C2. The Kier molecular flexibility index (Phi) is 2.33. The fourth-order valence-electron chi connectivity index (χ4n) is 1.62. The molecule has 0 aromatic heterocycles. The number of halogens is 1. The first kappa shape index (κ1) is 9.68. The molecule has 1 aliphatic heterocycles. The monoisotopic (exact) mass is 254 g/mol. The maximum atomic E-state index is 11.1. The number of hydrogen-bond donors (Lipinski definition) is 2. The molecule has 1 aromatic carbocycles. The molecule has 14 heavy (non-hydrogen) atoms. The summed E-state index contributed by atoms with van der Waals surface area (Å²) in [6.45, 7) is 1.93. The molecule has 2 rings (SSSR count). The lowest BCUT2D eigenvalue weighted by Gasteiger charge is -2.10. The number of amides is 1. The molecule has 1 amide bonds. The Morgan fingerprint density at radius 1 is 1.57 bits per heavy atom. The molecular formula is C10H11BrN2O. The normalized spacial score (nSPS) is 16.4. The van der Waals surface area contributed by atoms with E-state index in [2.05, 4.69) is 21.2 Å². The van der Waals surface area contributed by atoms with E-state index in [1.807, 2.05) is 19.1 Å². The molecule has 1 aromatic rings. The molecule has 3 nitrogen and oxygen atoms in total. The zero-order chi connectivity index (χ0) is 10.3. The molecule has 74 valence electrons. The van der Waals surface area contributed by atoms with E-state index in [1.165, 1.54) is 0 Å². The summed E-state index contributed by atoms with van der Waals surface area (Å²) in [5, 5.41) is 2.79. The number of benzene rings is 1. The number of carbonyl (C=O) groups excluding carboxylic acids is 1. The minimum Gasteiger partial charge on any atom is -0.325 e. The molecular weight excluding hydrogens is 244 g/mol. The lowest BCUT2D eigenvalue weighted by molar-refractivity contribution is -0.115. The van der Waals surface area contributed by atoms with Crippen molar-refractivity contribution in [1.29, 1.82) is 0 Å². The van der Waals surface area contributed by atoms with E-state index in [1.54, 1.807) is 0 Å². The minimum absolute atomic E-state index is 0.0228. The maximum absolute atomic E-state index is 11.1. The van der Waals surface area contributed by atoms with E-state index in [-0.39, 0.29) is 11.9 Å². The Labute approximate surface area is 90.8 Å². The van der Waals surface area contributed by atoms with E-state index in [4.69, 9.17) is 5.73 Å². The van der Waals surface area contributed by atoms with Crippen molar-refractivity contribution in [2.75, 3.05) is 5.32 Å². The maximum Gasteiger partial charge on any atom is 0.228 e. The summed E-state index contributed by atoms with van der Waals surface area (Å²) in [6.07, 6.45) is 0.461. The zero-order valence-corrected chi connectivity index (χ0v) is 9.39. The second kappa shape index (κ2) is 3.37. The van der Waals surface area contributed by atoms with Crippen LogP contribution < -0.4 is 11.1 Å². The summed E-state index contributed by atoms with van der Waals surface area (Å²) in [5.41, 5.74) is 8.78. The molecule has 0 unspecified atom stereocenters. The summed E-state index contributed by atoms with van der Waals surface area (Å²) in [5.74, 6) is 0.0497. The van der Waals surface area contributed by atoms with Gasteiger partial charge in [-0.25, -0.2) is 0 Å². The van der Waals surface area contributed by atoms with E-state index < -0.39 is 0 Å². The Morgan fingerprint density at radius 2 is 2.29 bits per heavy atom. The average Bonchev–Trinajstić information content (AvgIpc) is 2.42. The van der Waals surface area contributed by atoms with Crippen LogP contribution in [0.4, 0.5) is 5.69 Å². The Balaban J connectivity index is 2.50. The van der Waals surface area contributed by atoms with Crippen molar-refractivity contribution in [2.45, 2.75) is 19.4 Å². The highest BCUT2D eigenvalue weighted by atomic mass is 79.9. The van der Waals surface area contributed by atoms with E-state index in [0.29, 0.717) is 6.42 Å². The lowest BCUT2D eigenvalue weighted by Crippen LogP contribution is -2.06. The third kappa shape index (κ3) is 1.55. The van der Waals surface area contributed by atoms with Crippen molar-refractivity contribution >= 4 is 27.5 Å². The standard InChI is InChI=1S/C10H11BrN2O/c1-5(12)7-2-6-3-10(14)13-9(6)4-8(7)11/h2,4-5H,3,12H2,1H3,(H,13,14)/t5-/m1/s1. The Hall–Kier alpha value is -0.870. The van der Waals surface area contributed by atoms with Crippen LogP contribution in [0.3, 0.4) is 0 Å². The summed E-state index contributed by atoms with van der Waals surface area (Å²) < 4.78 is 0.952. The van der Waals surface area contributed by atoms with Crippen LogP contribution in [0.15, 0.2) is 16.6 Å². The van der Waals surface area contributed by atoms with E-state index >= 15 is 0 Å². The molecule has 0 spiro atoms. The molecule has 1 atom stereocenters. The summed E-state index contributed by atoms with van der Waals surface area (Å²) >= 11 is 3.44. The quantitative estimate of drug-likeness (QED) is 0.805. The molecule has 0 fully saturated rings. The second-order valence-electron chi connectivity index (χ2n) is 3.54.